The molecule has 0 aliphatic rings. The first-order chi connectivity index (χ1) is 11.9. The number of carbonyl (C=O) groups excluding carboxylic acids is 2. The van der Waals surface area contributed by atoms with Crippen molar-refractivity contribution in [3.8, 4) is 0 Å². The van der Waals surface area contributed by atoms with Gasteiger partial charge in [0.25, 0.3) is 5.91 Å². The number of benzene rings is 2. The van der Waals surface area contributed by atoms with E-state index in [0.29, 0.717) is 15.9 Å². The molecule has 6 heteroatoms. The third-order valence-corrected chi connectivity index (χ3v) is 5.36. The Bertz CT molecular complexity index is 1040. The van der Waals surface area contributed by atoms with Crippen molar-refractivity contribution in [1.29, 1.82) is 0 Å². The summed E-state index contributed by atoms with van der Waals surface area (Å²) in [5, 5.41) is 0. The second-order valence-corrected chi connectivity index (χ2v) is 6.78. The molecule has 1 amide bonds. The summed E-state index contributed by atoms with van der Waals surface area (Å²) in [6, 6.07) is 10.4. The molecule has 3 rings (SSSR count). The van der Waals surface area contributed by atoms with Crippen molar-refractivity contribution in [1.82, 2.24) is 4.57 Å². The van der Waals surface area contributed by atoms with Crippen LogP contribution >= 0.6 is 11.3 Å². The van der Waals surface area contributed by atoms with Crippen LogP contribution in [0.25, 0.3) is 10.2 Å². The van der Waals surface area contributed by atoms with E-state index in [-0.39, 0.29) is 5.91 Å². The average molecular weight is 354 g/mol. The normalized spacial score (nSPS) is 11.8. The van der Waals surface area contributed by atoms with E-state index in [9.17, 15) is 9.59 Å². The molecule has 1 heterocycles. The van der Waals surface area contributed by atoms with Crippen LogP contribution in [-0.4, -0.2) is 23.6 Å². The fourth-order valence-corrected chi connectivity index (χ4v) is 3.85. The van der Waals surface area contributed by atoms with Gasteiger partial charge in [-0.3, -0.25) is 4.79 Å². The van der Waals surface area contributed by atoms with Gasteiger partial charge in [-0.1, -0.05) is 23.5 Å². The van der Waals surface area contributed by atoms with Gasteiger partial charge in [0.15, 0.2) is 4.80 Å². The summed E-state index contributed by atoms with van der Waals surface area (Å²) in [5.41, 5.74) is 4.24. The molecule has 0 fully saturated rings. The van der Waals surface area contributed by atoms with E-state index in [1.54, 1.807) is 24.3 Å². The summed E-state index contributed by atoms with van der Waals surface area (Å²) in [6.07, 6.45) is 0. The number of hydrogen-bond donors (Lipinski definition) is 0. The summed E-state index contributed by atoms with van der Waals surface area (Å²) >= 11 is 1.50. The smallest absolute Gasteiger partial charge is 0.337 e. The molecule has 5 nitrogen and oxygen atoms in total. The van der Waals surface area contributed by atoms with Gasteiger partial charge in [0.1, 0.15) is 0 Å². The number of ether oxygens (including phenoxy) is 1. The number of esters is 1. The minimum Gasteiger partial charge on any atom is -0.465 e. The summed E-state index contributed by atoms with van der Waals surface area (Å²) < 4.78 is 7.74. The summed E-state index contributed by atoms with van der Waals surface area (Å²) in [6.45, 7) is 4.10. The fourth-order valence-electron chi connectivity index (χ4n) is 2.69. The van der Waals surface area contributed by atoms with Gasteiger partial charge >= 0.3 is 5.97 Å². The maximum Gasteiger partial charge on any atom is 0.337 e. The van der Waals surface area contributed by atoms with Gasteiger partial charge in [0, 0.05) is 12.6 Å². The maximum absolute atomic E-state index is 12.5. The van der Waals surface area contributed by atoms with Crippen LogP contribution in [0.1, 0.15) is 31.8 Å². The van der Waals surface area contributed by atoms with Gasteiger partial charge in [-0.05, 0) is 49.2 Å². The van der Waals surface area contributed by atoms with Gasteiger partial charge in [-0.15, -0.1) is 0 Å². The van der Waals surface area contributed by atoms with Crippen molar-refractivity contribution in [3.05, 3.63) is 63.5 Å². The molecule has 1 aromatic heterocycles. The van der Waals surface area contributed by atoms with Crippen LogP contribution in [0.15, 0.2) is 41.4 Å². The number of rotatable bonds is 2. The highest BCUT2D eigenvalue weighted by atomic mass is 32.1. The van der Waals surface area contributed by atoms with Crippen molar-refractivity contribution < 1.29 is 14.3 Å². The van der Waals surface area contributed by atoms with Crippen LogP contribution < -0.4 is 4.80 Å². The van der Waals surface area contributed by atoms with Crippen LogP contribution in [-0.2, 0) is 11.8 Å². The number of amides is 1. The van der Waals surface area contributed by atoms with Crippen molar-refractivity contribution in [2.75, 3.05) is 7.11 Å². The van der Waals surface area contributed by atoms with E-state index < -0.39 is 5.97 Å². The quantitative estimate of drug-likeness (QED) is 0.663. The predicted molar refractivity (Wildman–Crippen MR) is 97.9 cm³/mol. The number of thiazole rings is 1. The largest absolute Gasteiger partial charge is 0.465 e. The molecular formula is C19H18N2O3S. The molecule has 0 aliphatic carbocycles. The van der Waals surface area contributed by atoms with E-state index in [1.165, 1.54) is 18.4 Å². The molecule has 0 bridgehead atoms. The van der Waals surface area contributed by atoms with E-state index >= 15 is 0 Å². The van der Waals surface area contributed by atoms with Gasteiger partial charge in [-0.2, -0.15) is 4.99 Å². The maximum atomic E-state index is 12.5. The Balaban J connectivity index is 2.03. The topological polar surface area (TPSA) is 60.7 Å². The molecule has 0 saturated carbocycles. The third-order valence-electron chi connectivity index (χ3n) is 4.10. The van der Waals surface area contributed by atoms with E-state index in [2.05, 4.69) is 28.8 Å². The molecule has 25 heavy (non-hydrogen) atoms. The monoisotopic (exact) mass is 354 g/mol. The van der Waals surface area contributed by atoms with Gasteiger partial charge in [0.05, 0.1) is 22.9 Å². The van der Waals surface area contributed by atoms with Crippen molar-refractivity contribution in [2.45, 2.75) is 13.8 Å². The molecule has 0 saturated heterocycles. The van der Waals surface area contributed by atoms with Gasteiger partial charge in [0.2, 0.25) is 0 Å². The number of nitrogens with zero attached hydrogens (tertiary/aromatic N) is 2. The minimum absolute atomic E-state index is 0.339. The van der Waals surface area contributed by atoms with Crippen LogP contribution in [0.5, 0.6) is 0 Å². The van der Waals surface area contributed by atoms with Crippen molar-refractivity contribution >= 4 is 33.4 Å². The average Bonchev–Trinajstić information content (AvgIpc) is 2.95. The lowest BCUT2D eigenvalue weighted by molar-refractivity contribution is 0.0600. The number of hydrogen-bond acceptors (Lipinski definition) is 4. The summed E-state index contributed by atoms with van der Waals surface area (Å²) in [7, 11) is 3.24. The van der Waals surface area contributed by atoms with E-state index in [1.807, 2.05) is 18.5 Å². The molecule has 3 aromatic rings. The Hall–Kier alpha value is -2.73. The van der Waals surface area contributed by atoms with Crippen LogP contribution in [0.4, 0.5) is 0 Å². The summed E-state index contributed by atoms with van der Waals surface area (Å²) in [5.74, 6) is -0.772. The first kappa shape index (κ1) is 17.1. The van der Waals surface area contributed by atoms with Gasteiger partial charge < -0.3 is 9.30 Å². The highest BCUT2D eigenvalue weighted by Gasteiger charge is 2.11. The Morgan fingerprint density at radius 1 is 1.00 bits per heavy atom. The van der Waals surface area contributed by atoms with E-state index in [0.717, 1.165) is 21.3 Å². The Morgan fingerprint density at radius 3 is 2.20 bits per heavy atom. The molecule has 0 N–H and O–H groups in total. The number of methoxy groups -OCH3 is 1. The lowest BCUT2D eigenvalue weighted by atomic mass is 10.1. The second kappa shape index (κ2) is 6.64. The third kappa shape index (κ3) is 3.13. The predicted octanol–water partition coefficient (Wildman–Crippen LogP) is 3.38. The molecule has 2 aromatic carbocycles. The number of aryl methyl sites for hydroxylation is 3. The molecule has 0 radical (unpaired) electrons. The SMILES string of the molecule is COC(=O)c1ccc(C(=O)N=c2sc3c(C)ccc(C)c3n2C)cc1. The standard InChI is InChI=1S/C19H18N2O3S/c1-11-5-6-12(2)16-15(11)21(3)19(25-16)20-17(22)13-7-9-14(10-8-13)18(23)24-4/h5-10H,1-4H3. The Kier molecular flexibility index (Phi) is 4.55. The number of carbonyl (C=O) groups is 2. The molecule has 0 unspecified atom stereocenters. The Morgan fingerprint density at radius 2 is 1.60 bits per heavy atom. The number of fused-ring (bicyclic) bond motifs is 1. The lowest BCUT2D eigenvalue weighted by Gasteiger charge is -2.02. The molecule has 0 atom stereocenters. The molecule has 0 aliphatic heterocycles. The zero-order valence-electron chi connectivity index (χ0n) is 14.5. The minimum atomic E-state index is -0.433. The first-order valence-corrected chi connectivity index (χ1v) is 8.57. The molecule has 128 valence electrons. The molecular weight excluding hydrogens is 336 g/mol. The number of aromatic nitrogens is 1. The van der Waals surface area contributed by atoms with Gasteiger partial charge in [-0.25, -0.2) is 4.79 Å². The van der Waals surface area contributed by atoms with Crippen LogP contribution in [0.3, 0.4) is 0 Å². The highest BCUT2D eigenvalue weighted by molar-refractivity contribution is 7.16. The summed E-state index contributed by atoms with van der Waals surface area (Å²) in [4.78, 5) is 28.9. The fraction of sp³-hybridized carbons (Fsp3) is 0.211. The highest BCUT2D eigenvalue weighted by Crippen LogP contribution is 2.24. The second-order valence-electron chi connectivity index (χ2n) is 5.81. The van der Waals surface area contributed by atoms with Crippen LogP contribution in [0.2, 0.25) is 0 Å². The zero-order valence-corrected chi connectivity index (χ0v) is 15.3. The van der Waals surface area contributed by atoms with Crippen molar-refractivity contribution in [3.63, 3.8) is 0 Å². The Labute approximate surface area is 149 Å². The van der Waals surface area contributed by atoms with E-state index in [4.69, 9.17) is 0 Å². The van der Waals surface area contributed by atoms with Crippen LogP contribution in [0, 0.1) is 13.8 Å². The zero-order chi connectivity index (χ0) is 18.1. The first-order valence-electron chi connectivity index (χ1n) is 7.75. The van der Waals surface area contributed by atoms with Crippen molar-refractivity contribution in [2.24, 2.45) is 12.0 Å². The lowest BCUT2D eigenvalue weighted by Crippen LogP contribution is -2.13. The molecule has 0 spiro atoms.